The van der Waals surface area contributed by atoms with Crippen molar-refractivity contribution >= 4 is 44.1 Å². The van der Waals surface area contributed by atoms with E-state index < -0.39 is 0 Å². The highest BCUT2D eigenvalue weighted by molar-refractivity contribution is 9.10. The van der Waals surface area contributed by atoms with Crippen molar-refractivity contribution in [3.05, 3.63) is 50.4 Å². The lowest BCUT2D eigenvalue weighted by molar-refractivity contribution is 0.104. The van der Waals surface area contributed by atoms with Crippen LogP contribution in [-0.2, 0) is 0 Å². The maximum Gasteiger partial charge on any atom is 0.205 e. The fourth-order valence-electron chi connectivity index (χ4n) is 1.86. The Morgan fingerprint density at radius 1 is 1.44 bits per heavy atom. The number of aryl methyl sites for hydroxylation is 1. The molecule has 3 nitrogen and oxygen atoms in total. The van der Waals surface area contributed by atoms with Crippen LogP contribution in [0.25, 0.3) is 11.0 Å². The van der Waals surface area contributed by atoms with Crippen molar-refractivity contribution in [1.82, 2.24) is 9.97 Å². The predicted molar refractivity (Wildman–Crippen MR) is 76.3 cm³/mol. The summed E-state index contributed by atoms with van der Waals surface area (Å²) in [7, 11) is 0. The minimum absolute atomic E-state index is 0.0410. The monoisotopic (exact) mass is 320 g/mol. The molecule has 0 saturated carbocycles. The van der Waals surface area contributed by atoms with Crippen molar-refractivity contribution < 1.29 is 4.79 Å². The summed E-state index contributed by atoms with van der Waals surface area (Å²) in [4.78, 5) is 21.5. The third kappa shape index (κ3) is 1.89. The zero-order chi connectivity index (χ0) is 12.7. The lowest BCUT2D eigenvalue weighted by Gasteiger charge is -1.96. The number of carbonyl (C=O) groups is 1. The third-order valence-corrected chi connectivity index (χ3v) is 4.14. The molecule has 3 rings (SSSR count). The Hall–Kier alpha value is -1.46. The number of carbonyl (C=O) groups excluding carboxylic acids is 1. The fourth-order valence-corrected chi connectivity index (χ4v) is 3.01. The molecule has 0 aliphatic rings. The Morgan fingerprint density at radius 2 is 2.28 bits per heavy atom. The maximum absolute atomic E-state index is 12.4. The Kier molecular flexibility index (Phi) is 2.80. The lowest BCUT2D eigenvalue weighted by atomic mass is 10.1. The molecule has 0 radical (unpaired) electrons. The van der Waals surface area contributed by atoms with Crippen molar-refractivity contribution in [2.45, 2.75) is 6.92 Å². The molecule has 3 aromatic rings. The highest BCUT2D eigenvalue weighted by Crippen LogP contribution is 2.25. The van der Waals surface area contributed by atoms with Gasteiger partial charge in [0.25, 0.3) is 0 Å². The van der Waals surface area contributed by atoms with E-state index >= 15 is 0 Å². The molecule has 0 saturated heterocycles. The number of pyridine rings is 1. The van der Waals surface area contributed by atoms with Crippen LogP contribution in [0, 0.1) is 6.92 Å². The van der Waals surface area contributed by atoms with E-state index in [0.29, 0.717) is 5.56 Å². The van der Waals surface area contributed by atoms with Crippen LogP contribution >= 0.6 is 27.3 Å². The van der Waals surface area contributed by atoms with Crippen LogP contribution in [0.2, 0.25) is 0 Å². The van der Waals surface area contributed by atoms with Gasteiger partial charge in [0.2, 0.25) is 5.78 Å². The van der Waals surface area contributed by atoms with Crippen LogP contribution in [0.3, 0.4) is 0 Å². The number of hydrogen-bond acceptors (Lipinski definition) is 3. The van der Waals surface area contributed by atoms with E-state index in [1.54, 1.807) is 12.4 Å². The van der Waals surface area contributed by atoms with Gasteiger partial charge in [0.1, 0.15) is 5.65 Å². The molecule has 0 unspecified atom stereocenters. The molecule has 0 aliphatic carbocycles. The summed E-state index contributed by atoms with van der Waals surface area (Å²) in [6.07, 6.45) is 3.43. The van der Waals surface area contributed by atoms with Crippen LogP contribution in [-0.4, -0.2) is 15.8 Å². The highest BCUT2D eigenvalue weighted by Gasteiger charge is 2.16. The zero-order valence-electron chi connectivity index (χ0n) is 9.53. The van der Waals surface area contributed by atoms with E-state index in [4.69, 9.17) is 0 Å². The minimum Gasteiger partial charge on any atom is -0.345 e. The number of nitrogens with zero attached hydrogens (tertiary/aromatic N) is 1. The first kappa shape index (κ1) is 11.6. The predicted octanol–water partition coefficient (Wildman–Crippen LogP) is 3.93. The molecule has 3 aromatic heterocycles. The van der Waals surface area contributed by atoms with E-state index in [9.17, 15) is 4.79 Å². The first-order chi connectivity index (χ1) is 8.65. The Labute approximate surface area is 116 Å². The minimum atomic E-state index is 0.0410. The van der Waals surface area contributed by atoms with Crippen LogP contribution < -0.4 is 0 Å². The van der Waals surface area contributed by atoms with Gasteiger partial charge in [0, 0.05) is 27.1 Å². The van der Waals surface area contributed by atoms with Crippen LogP contribution in [0.1, 0.15) is 20.1 Å². The molecule has 0 bridgehead atoms. The Balaban J connectivity index is 2.14. The number of thiophene rings is 1. The van der Waals surface area contributed by atoms with E-state index in [2.05, 4.69) is 25.9 Å². The lowest BCUT2D eigenvalue weighted by Crippen LogP contribution is -1.96. The fraction of sp³-hybridized carbons (Fsp3) is 0.0769. The number of aromatic nitrogens is 2. The topological polar surface area (TPSA) is 45.8 Å². The van der Waals surface area contributed by atoms with Crippen LogP contribution in [0.4, 0.5) is 0 Å². The van der Waals surface area contributed by atoms with Gasteiger partial charge in [-0.25, -0.2) is 4.98 Å². The number of hydrogen-bond donors (Lipinski definition) is 1. The van der Waals surface area contributed by atoms with Gasteiger partial charge >= 0.3 is 0 Å². The molecule has 0 spiro atoms. The number of aromatic amines is 1. The number of ketones is 1. The summed E-state index contributed by atoms with van der Waals surface area (Å²) in [5, 5.41) is 0.848. The molecule has 0 aromatic carbocycles. The van der Waals surface area contributed by atoms with Crippen LogP contribution in [0.5, 0.6) is 0 Å². The van der Waals surface area contributed by atoms with Gasteiger partial charge in [0.15, 0.2) is 0 Å². The molecule has 0 fully saturated rings. The maximum atomic E-state index is 12.4. The highest BCUT2D eigenvalue weighted by atomic mass is 79.9. The van der Waals surface area contributed by atoms with E-state index in [1.807, 2.05) is 25.1 Å². The smallest absolute Gasteiger partial charge is 0.205 e. The first-order valence-corrected chi connectivity index (χ1v) is 7.00. The number of rotatable bonds is 2. The average molecular weight is 321 g/mol. The number of halogens is 1. The molecule has 90 valence electrons. The van der Waals surface area contributed by atoms with Gasteiger partial charge in [-0.05, 0) is 41.1 Å². The first-order valence-electron chi connectivity index (χ1n) is 5.39. The van der Waals surface area contributed by atoms with Gasteiger partial charge in [-0.1, -0.05) is 0 Å². The second-order valence-corrected chi connectivity index (χ2v) is 6.20. The van der Waals surface area contributed by atoms with Gasteiger partial charge in [-0.15, -0.1) is 11.3 Å². The van der Waals surface area contributed by atoms with Gasteiger partial charge in [0.05, 0.1) is 10.4 Å². The number of fused-ring (bicyclic) bond motifs is 1. The third-order valence-electron chi connectivity index (χ3n) is 2.71. The standard InChI is InChI=1S/C13H9BrN2OS/c1-7-2-3-11(18-7)12(17)10-6-16-13-9(10)4-8(14)5-15-13/h2-6H,1H3,(H,15,16). The summed E-state index contributed by atoms with van der Waals surface area (Å²) >= 11 is 4.89. The van der Waals surface area contributed by atoms with E-state index in [1.165, 1.54) is 11.3 Å². The van der Waals surface area contributed by atoms with Crippen LogP contribution in [0.15, 0.2) is 35.1 Å². The van der Waals surface area contributed by atoms with Crippen molar-refractivity contribution in [1.29, 1.82) is 0 Å². The summed E-state index contributed by atoms with van der Waals surface area (Å²) < 4.78 is 0.867. The molecular formula is C13H9BrN2OS. The second kappa shape index (κ2) is 4.33. The van der Waals surface area contributed by atoms with E-state index in [-0.39, 0.29) is 5.78 Å². The number of H-pyrrole nitrogens is 1. The Bertz CT molecular complexity index is 744. The zero-order valence-corrected chi connectivity index (χ0v) is 11.9. The van der Waals surface area contributed by atoms with Crippen molar-refractivity contribution in [3.63, 3.8) is 0 Å². The molecule has 1 N–H and O–H groups in total. The molecular weight excluding hydrogens is 312 g/mol. The Morgan fingerprint density at radius 3 is 3.00 bits per heavy atom. The molecule has 3 heterocycles. The second-order valence-electron chi connectivity index (χ2n) is 3.99. The number of nitrogens with one attached hydrogen (secondary N) is 1. The molecule has 0 amide bonds. The van der Waals surface area contributed by atoms with Gasteiger partial charge in [-0.2, -0.15) is 0 Å². The summed E-state index contributed by atoms with van der Waals surface area (Å²) in [5.41, 5.74) is 1.40. The SMILES string of the molecule is Cc1ccc(C(=O)c2c[nH]c3ncc(Br)cc23)s1. The van der Waals surface area contributed by atoms with Gasteiger partial charge in [-0.3, -0.25) is 4.79 Å². The van der Waals surface area contributed by atoms with Crippen molar-refractivity contribution in [2.24, 2.45) is 0 Å². The molecule has 18 heavy (non-hydrogen) atoms. The summed E-state index contributed by atoms with van der Waals surface area (Å²) in [5.74, 6) is 0.0410. The normalized spacial score (nSPS) is 11.0. The summed E-state index contributed by atoms with van der Waals surface area (Å²) in [6.45, 7) is 1.99. The van der Waals surface area contributed by atoms with Crippen molar-refractivity contribution in [2.75, 3.05) is 0 Å². The molecule has 0 aliphatic heterocycles. The average Bonchev–Trinajstić information content (AvgIpc) is 2.94. The van der Waals surface area contributed by atoms with Crippen molar-refractivity contribution in [3.8, 4) is 0 Å². The summed E-state index contributed by atoms with van der Waals surface area (Å²) in [6, 6.07) is 5.74. The molecule has 5 heteroatoms. The van der Waals surface area contributed by atoms with E-state index in [0.717, 1.165) is 25.3 Å². The quantitative estimate of drug-likeness (QED) is 0.727. The molecule has 0 atom stereocenters. The van der Waals surface area contributed by atoms with Gasteiger partial charge < -0.3 is 4.98 Å². The largest absolute Gasteiger partial charge is 0.345 e.